The predicted molar refractivity (Wildman–Crippen MR) is 200 cm³/mol. The number of aromatic nitrogens is 4. The van der Waals surface area contributed by atoms with Gasteiger partial charge in [-0.3, -0.25) is 18.7 Å². The molecule has 3 heterocycles. The maximum atomic E-state index is 13.8. The molecule has 1 aliphatic heterocycles. The number of imidazole rings is 1. The molecule has 266 valence electrons. The maximum Gasteiger partial charge on any atom is 0.286 e. The van der Waals surface area contributed by atoms with Gasteiger partial charge in [0.25, 0.3) is 5.56 Å². The lowest BCUT2D eigenvalue weighted by atomic mass is 10.1. The summed E-state index contributed by atoms with van der Waals surface area (Å²) in [6.07, 6.45) is 1.93. The van der Waals surface area contributed by atoms with Crippen LogP contribution in [-0.4, -0.2) is 75.3 Å². The minimum atomic E-state index is -2.37. The molecule has 1 fully saturated rings. The number of benzene rings is 1. The summed E-state index contributed by atoms with van der Waals surface area (Å²) in [5.41, 5.74) is 1.43. The Hall–Kier alpha value is -2.27. The Labute approximate surface area is 290 Å². The molecule has 10 nitrogen and oxygen atoms in total. The number of fused-ring (bicyclic) bond motifs is 1. The number of carbonyl (C=O) groups excluding carboxylic acids is 1. The fourth-order valence-electron chi connectivity index (χ4n) is 4.87. The topological polar surface area (TPSA) is 107 Å². The van der Waals surface area contributed by atoms with E-state index in [1.807, 2.05) is 4.57 Å². The SMILES string of the molecule is CC(C)(C)[Si](C)(C)OC[C@H]1O[C@@H](n2cnc3c(=O)n(-c4ccc(C=O)cc4)cnc32)[C@H](O[Si](C)(C)C(C)(C)C)[C@@H]1O[Si](C)(C)C(C)(C)C. The molecule has 4 atom stereocenters. The van der Waals surface area contributed by atoms with E-state index in [0.29, 0.717) is 23.5 Å². The first kappa shape index (κ1) is 38.5. The van der Waals surface area contributed by atoms with Crippen molar-refractivity contribution >= 4 is 42.4 Å². The number of carbonyl (C=O) groups is 1. The molecule has 0 saturated carbocycles. The van der Waals surface area contributed by atoms with Crippen molar-refractivity contribution in [1.82, 2.24) is 19.1 Å². The molecule has 2 aromatic heterocycles. The lowest BCUT2D eigenvalue weighted by molar-refractivity contribution is -0.0470. The van der Waals surface area contributed by atoms with Crippen molar-refractivity contribution in [3.8, 4) is 5.69 Å². The number of hydrogen-bond acceptors (Lipinski definition) is 8. The molecule has 0 N–H and O–H groups in total. The summed E-state index contributed by atoms with van der Waals surface area (Å²) in [4.78, 5) is 34.3. The normalized spacial score (nSPS) is 21.6. The van der Waals surface area contributed by atoms with E-state index in [-0.39, 0.29) is 26.2 Å². The maximum absolute atomic E-state index is 13.8. The molecule has 3 aromatic rings. The van der Waals surface area contributed by atoms with Crippen LogP contribution in [0.25, 0.3) is 16.9 Å². The summed E-state index contributed by atoms with van der Waals surface area (Å²) >= 11 is 0. The van der Waals surface area contributed by atoms with Crippen LogP contribution >= 0.6 is 0 Å². The molecule has 13 heteroatoms. The minimum Gasteiger partial charge on any atom is -0.414 e. The molecular weight excluding hydrogens is 657 g/mol. The lowest BCUT2D eigenvalue weighted by Crippen LogP contribution is -2.54. The van der Waals surface area contributed by atoms with Gasteiger partial charge in [0, 0.05) is 5.56 Å². The van der Waals surface area contributed by atoms with Crippen molar-refractivity contribution in [2.45, 2.75) is 141 Å². The number of rotatable bonds is 10. The highest BCUT2D eigenvalue weighted by molar-refractivity contribution is 6.75. The van der Waals surface area contributed by atoms with Gasteiger partial charge in [-0.2, -0.15) is 0 Å². The highest BCUT2D eigenvalue weighted by atomic mass is 28.4. The van der Waals surface area contributed by atoms with Crippen LogP contribution in [0.2, 0.25) is 54.4 Å². The molecule has 1 saturated heterocycles. The molecular formula is C35H58N4O6Si3. The number of hydrogen-bond donors (Lipinski definition) is 0. The zero-order valence-electron chi connectivity index (χ0n) is 31.8. The molecule has 0 spiro atoms. The Morgan fingerprint density at radius 3 is 1.79 bits per heavy atom. The van der Waals surface area contributed by atoms with Gasteiger partial charge in [-0.05, 0) is 78.7 Å². The molecule has 1 aliphatic rings. The summed E-state index contributed by atoms with van der Waals surface area (Å²) in [6.45, 7) is 34.0. The average Bonchev–Trinajstić information content (AvgIpc) is 3.52. The zero-order chi connectivity index (χ0) is 36.3. The third kappa shape index (κ3) is 7.57. The molecule has 0 unspecified atom stereocenters. The van der Waals surface area contributed by atoms with Crippen molar-refractivity contribution in [2.75, 3.05) is 6.61 Å². The monoisotopic (exact) mass is 714 g/mol. The first-order valence-corrected chi connectivity index (χ1v) is 25.7. The Morgan fingerprint density at radius 1 is 0.771 bits per heavy atom. The largest absolute Gasteiger partial charge is 0.414 e. The standard InChI is InChI=1S/C35H58N4O6Si3/c1-33(2,3)46(10,11)42-21-26-28(44-47(12,13)34(4,5)6)29(45-48(14,15)35(7,8)9)32(43-26)39-22-36-27-30(39)37-23-38(31(27)41)25-18-16-24(20-40)17-19-25/h16-20,22-23,26,28-29,32H,21H2,1-15H3/t26-,28-,29-,32-/m1/s1. The van der Waals surface area contributed by atoms with Gasteiger partial charge in [0.2, 0.25) is 0 Å². The highest BCUT2D eigenvalue weighted by Crippen LogP contribution is 2.46. The van der Waals surface area contributed by atoms with Crippen molar-refractivity contribution in [3.63, 3.8) is 0 Å². The van der Waals surface area contributed by atoms with Gasteiger partial charge in [-0.1, -0.05) is 62.3 Å². The number of aldehydes is 1. The van der Waals surface area contributed by atoms with E-state index in [1.54, 1.807) is 30.6 Å². The molecule has 4 rings (SSSR count). The Bertz CT molecular complexity index is 1660. The summed E-state index contributed by atoms with van der Waals surface area (Å²) in [5, 5.41) is -0.0946. The summed E-state index contributed by atoms with van der Waals surface area (Å²) in [7, 11) is -6.82. The fraction of sp³-hybridized carbons (Fsp3) is 0.657. The Kier molecular flexibility index (Phi) is 10.5. The van der Waals surface area contributed by atoms with Crippen LogP contribution < -0.4 is 5.56 Å². The van der Waals surface area contributed by atoms with E-state index >= 15 is 0 Å². The summed E-state index contributed by atoms with van der Waals surface area (Å²) in [6, 6.07) is 6.77. The van der Waals surface area contributed by atoms with Crippen molar-refractivity contribution in [2.24, 2.45) is 0 Å². The van der Waals surface area contributed by atoms with Gasteiger partial charge in [0.05, 0.1) is 18.6 Å². The zero-order valence-corrected chi connectivity index (χ0v) is 34.8. The van der Waals surface area contributed by atoms with Crippen LogP contribution in [0.3, 0.4) is 0 Å². The quantitative estimate of drug-likeness (QED) is 0.153. The van der Waals surface area contributed by atoms with Crippen molar-refractivity contribution in [1.29, 1.82) is 0 Å². The van der Waals surface area contributed by atoms with E-state index in [9.17, 15) is 9.59 Å². The van der Waals surface area contributed by atoms with Crippen LogP contribution in [0.15, 0.2) is 41.7 Å². The van der Waals surface area contributed by atoms with Crippen LogP contribution in [0.1, 0.15) is 78.9 Å². The molecule has 0 aliphatic carbocycles. The van der Waals surface area contributed by atoms with Crippen molar-refractivity contribution in [3.05, 3.63) is 52.8 Å². The lowest BCUT2D eigenvalue weighted by Gasteiger charge is -2.44. The third-order valence-corrected chi connectivity index (χ3v) is 24.7. The summed E-state index contributed by atoms with van der Waals surface area (Å²) < 4.78 is 31.6. The van der Waals surface area contributed by atoms with Crippen LogP contribution in [0.4, 0.5) is 0 Å². The Morgan fingerprint density at radius 2 is 1.29 bits per heavy atom. The van der Waals surface area contributed by atoms with Crippen molar-refractivity contribution < 1.29 is 22.8 Å². The van der Waals surface area contributed by atoms with Gasteiger partial charge in [-0.25, -0.2) is 9.97 Å². The van der Waals surface area contributed by atoms with E-state index in [2.05, 4.69) is 107 Å². The predicted octanol–water partition coefficient (Wildman–Crippen LogP) is 8.09. The van der Waals surface area contributed by atoms with Gasteiger partial charge < -0.3 is 18.0 Å². The fourth-order valence-corrected chi connectivity index (χ4v) is 8.49. The second-order valence-electron chi connectivity index (χ2n) is 17.8. The third-order valence-electron chi connectivity index (χ3n) is 11.2. The minimum absolute atomic E-state index is 0.0236. The second kappa shape index (κ2) is 13.1. The second-order valence-corrected chi connectivity index (χ2v) is 32.1. The van der Waals surface area contributed by atoms with E-state index in [4.69, 9.17) is 23.0 Å². The first-order chi connectivity index (χ1) is 21.8. The van der Waals surface area contributed by atoms with Crippen LogP contribution in [0, 0.1) is 0 Å². The van der Waals surface area contributed by atoms with Crippen LogP contribution in [-0.2, 0) is 18.0 Å². The molecule has 0 amide bonds. The number of ether oxygens (including phenoxy) is 1. The molecule has 48 heavy (non-hydrogen) atoms. The highest BCUT2D eigenvalue weighted by Gasteiger charge is 2.55. The van der Waals surface area contributed by atoms with Gasteiger partial charge in [-0.15, -0.1) is 0 Å². The molecule has 0 bridgehead atoms. The van der Waals surface area contributed by atoms with Gasteiger partial charge >= 0.3 is 0 Å². The molecule has 1 aromatic carbocycles. The van der Waals surface area contributed by atoms with Gasteiger partial charge in [0.15, 0.2) is 42.3 Å². The van der Waals surface area contributed by atoms with E-state index < -0.39 is 49.5 Å². The average molecular weight is 715 g/mol. The van der Waals surface area contributed by atoms with Gasteiger partial charge in [0.1, 0.15) is 30.9 Å². The van der Waals surface area contributed by atoms with E-state index in [1.165, 1.54) is 10.9 Å². The van der Waals surface area contributed by atoms with E-state index in [0.717, 1.165) is 6.29 Å². The van der Waals surface area contributed by atoms with Crippen LogP contribution in [0.5, 0.6) is 0 Å². The first-order valence-electron chi connectivity index (χ1n) is 17.0. The smallest absolute Gasteiger partial charge is 0.286 e. The Balaban J connectivity index is 1.85. The summed E-state index contributed by atoms with van der Waals surface area (Å²) in [5.74, 6) is 0. The molecule has 0 radical (unpaired) electrons. The number of nitrogens with zero attached hydrogens (tertiary/aromatic N) is 4.